The Morgan fingerprint density at radius 2 is 2.22 bits per heavy atom. The summed E-state index contributed by atoms with van der Waals surface area (Å²) < 4.78 is 0. The van der Waals surface area contributed by atoms with Crippen molar-refractivity contribution < 1.29 is 9.72 Å². The zero-order chi connectivity index (χ0) is 13.5. The van der Waals surface area contributed by atoms with Gasteiger partial charge in [0.1, 0.15) is 0 Å². The molecule has 1 aromatic carbocycles. The minimum Gasteiger partial charge on any atom is -0.273 e. The number of carbonyl (C=O) groups excluding carboxylic acids is 1. The molecular formula is C12H15N3O3. The lowest BCUT2D eigenvalue weighted by Crippen LogP contribution is -2.18. The number of hydrogen-bond acceptors (Lipinski definition) is 4. The second-order valence-corrected chi connectivity index (χ2v) is 3.79. The molecule has 0 atom stereocenters. The lowest BCUT2D eigenvalue weighted by atomic mass is 10.1. The first-order valence-electron chi connectivity index (χ1n) is 5.62. The van der Waals surface area contributed by atoms with E-state index in [1.165, 1.54) is 12.1 Å². The van der Waals surface area contributed by atoms with Crippen molar-refractivity contribution in [1.29, 1.82) is 0 Å². The third kappa shape index (κ3) is 3.97. The van der Waals surface area contributed by atoms with Gasteiger partial charge in [0.2, 0.25) is 5.91 Å². The third-order valence-electron chi connectivity index (χ3n) is 2.30. The Bertz CT molecular complexity index is 483. The van der Waals surface area contributed by atoms with Crippen molar-refractivity contribution in [2.45, 2.75) is 26.7 Å². The fourth-order valence-electron chi connectivity index (χ4n) is 1.34. The molecule has 0 radical (unpaired) electrons. The quantitative estimate of drug-likeness (QED) is 0.493. The van der Waals surface area contributed by atoms with Crippen LogP contribution >= 0.6 is 0 Å². The Kier molecular flexibility index (Phi) is 4.98. The van der Waals surface area contributed by atoms with E-state index in [-0.39, 0.29) is 11.6 Å². The molecule has 0 bridgehead atoms. The largest absolute Gasteiger partial charge is 0.273 e. The molecule has 0 aliphatic carbocycles. The average Bonchev–Trinajstić information content (AvgIpc) is 2.36. The van der Waals surface area contributed by atoms with Crippen molar-refractivity contribution in [1.82, 2.24) is 5.43 Å². The number of rotatable bonds is 5. The van der Waals surface area contributed by atoms with Gasteiger partial charge in [-0.3, -0.25) is 14.9 Å². The molecule has 0 heterocycles. The lowest BCUT2D eigenvalue weighted by Gasteiger charge is -2.02. The molecule has 1 N–H and O–H groups in total. The Hall–Kier alpha value is -2.24. The van der Waals surface area contributed by atoms with E-state index >= 15 is 0 Å². The second kappa shape index (κ2) is 6.48. The van der Waals surface area contributed by atoms with Crippen LogP contribution in [0.2, 0.25) is 0 Å². The summed E-state index contributed by atoms with van der Waals surface area (Å²) in [7, 11) is 0. The standard InChI is InChI=1S/C12H15N3O3/c1-3-5-12(16)14-13-9(2)10-6-4-7-11(8-10)15(17)18/h4,6-8H,3,5H2,1-2H3,(H,14,16)/b13-9+. The molecule has 0 saturated heterocycles. The number of nitro benzene ring substituents is 1. The van der Waals surface area contributed by atoms with Gasteiger partial charge in [0.15, 0.2) is 0 Å². The Morgan fingerprint density at radius 3 is 2.83 bits per heavy atom. The molecule has 6 nitrogen and oxygen atoms in total. The maximum Gasteiger partial charge on any atom is 0.270 e. The molecule has 1 rings (SSSR count). The first-order valence-corrected chi connectivity index (χ1v) is 5.62. The maximum atomic E-state index is 11.2. The van der Waals surface area contributed by atoms with Crippen molar-refractivity contribution >= 4 is 17.3 Å². The van der Waals surface area contributed by atoms with Gasteiger partial charge < -0.3 is 0 Å². The zero-order valence-electron chi connectivity index (χ0n) is 10.3. The number of hydrogen-bond donors (Lipinski definition) is 1. The highest BCUT2D eigenvalue weighted by Gasteiger charge is 2.07. The summed E-state index contributed by atoms with van der Waals surface area (Å²) in [6.45, 7) is 3.59. The lowest BCUT2D eigenvalue weighted by molar-refractivity contribution is -0.384. The highest BCUT2D eigenvalue weighted by Crippen LogP contribution is 2.13. The summed E-state index contributed by atoms with van der Waals surface area (Å²) in [5.41, 5.74) is 3.55. The van der Waals surface area contributed by atoms with Crippen LogP contribution < -0.4 is 5.43 Å². The fourth-order valence-corrected chi connectivity index (χ4v) is 1.34. The number of nitro groups is 1. The number of carbonyl (C=O) groups is 1. The van der Waals surface area contributed by atoms with Crippen LogP contribution in [-0.4, -0.2) is 16.5 Å². The first-order chi connectivity index (χ1) is 8.54. The fraction of sp³-hybridized carbons (Fsp3) is 0.333. The van der Waals surface area contributed by atoms with E-state index in [1.807, 2.05) is 6.92 Å². The third-order valence-corrected chi connectivity index (χ3v) is 2.30. The Labute approximate surface area is 105 Å². The molecule has 0 aliphatic rings. The summed E-state index contributed by atoms with van der Waals surface area (Å²) >= 11 is 0. The minimum atomic E-state index is -0.466. The summed E-state index contributed by atoms with van der Waals surface area (Å²) in [5, 5.41) is 14.5. The van der Waals surface area contributed by atoms with E-state index in [0.29, 0.717) is 17.7 Å². The van der Waals surface area contributed by atoms with Crippen LogP contribution in [0.25, 0.3) is 0 Å². The minimum absolute atomic E-state index is 0.00179. The van der Waals surface area contributed by atoms with Crippen LogP contribution in [0.5, 0.6) is 0 Å². The van der Waals surface area contributed by atoms with Crippen molar-refractivity contribution in [2.24, 2.45) is 5.10 Å². The highest BCUT2D eigenvalue weighted by atomic mass is 16.6. The molecule has 0 spiro atoms. The van der Waals surface area contributed by atoms with Crippen molar-refractivity contribution in [2.75, 3.05) is 0 Å². The number of nitrogens with one attached hydrogen (secondary N) is 1. The van der Waals surface area contributed by atoms with Crippen LogP contribution in [0, 0.1) is 10.1 Å². The molecule has 0 saturated carbocycles. The van der Waals surface area contributed by atoms with E-state index in [0.717, 1.165) is 6.42 Å². The van der Waals surface area contributed by atoms with E-state index in [1.54, 1.807) is 19.1 Å². The number of non-ortho nitro benzene ring substituents is 1. The smallest absolute Gasteiger partial charge is 0.270 e. The summed E-state index contributed by atoms with van der Waals surface area (Å²) in [6, 6.07) is 6.12. The van der Waals surface area contributed by atoms with E-state index in [2.05, 4.69) is 10.5 Å². The van der Waals surface area contributed by atoms with Gasteiger partial charge in [-0.25, -0.2) is 5.43 Å². The maximum absolute atomic E-state index is 11.2. The van der Waals surface area contributed by atoms with Crippen LogP contribution in [0.1, 0.15) is 32.3 Å². The molecule has 0 fully saturated rings. The van der Waals surface area contributed by atoms with Crippen LogP contribution in [-0.2, 0) is 4.79 Å². The van der Waals surface area contributed by atoms with Gasteiger partial charge in [-0.1, -0.05) is 19.1 Å². The van der Waals surface area contributed by atoms with Gasteiger partial charge in [0.25, 0.3) is 5.69 Å². The number of amides is 1. The number of hydrazone groups is 1. The summed E-state index contributed by atoms with van der Waals surface area (Å²) in [4.78, 5) is 21.4. The molecule has 18 heavy (non-hydrogen) atoms. The molecule has 6 heteroatoms. The number of nitrogens with zero attached hydrogens (tertiary/aromatic N) is 2. The highest BCUT2D eigenvalue weighted by molar-refractivity contribution is 5.99. The second-order valence-electron chi connectivity index (χ2n) is 3.79. The van der Waals surface area contributed by atoms with E-state index in [4.69, 9.17) is 0 Å². The molecule has 0 aliphatic heterocycles. The molecule has 96 valence electrons. The molecule has 0 unspecified atom stereocenters. The predicted molar refractivity (Wildman–Crippen MR) is 68.4 cm³/mol. The van der Waals surface area contributed by atoms with Crippen LogP contribution in [0.3, 0.4) is 0 Å². The van der Waals surface area contributed by atoms with Crippen molar-refractivity contribution in [3.8, 4) is 0 Å². The van der Waals surface area contributed by atoms with Gasteiger partial charge >= 0.3 is 0 Å². The Morgan fingerprint density at radius 1 is 1.50 bits per heavy atom. The summed E-state index contributed by atoms with van der Waals surface area (Å²) in [6.07, 6.45) is 1.16. The average molecular weight is 249 g/mol. The molecule has 1 aromatic rings. The van der Waals surface area contributed by atoms with Gasteiger partial charge in [-0.05, 0) is 13.3 Å². The normalized spacial score (nSPS) is 11.1. The molecule has 0 aromatic heterocycles. The van der Waals surface area contributed by atoms with Crippen molar-refractivity contribution in [3.05, 3.63) is 39.9 Å². The van der Waals surface area contributed by atoms with Crippen LogP contribution in [0.4, 0.5) is 5.69 Å². The topological polar surface area (TPSA) is 84.6 Å². The first kappa shape index (κ1) is 13.8. The Balaban J connectivity index is 2.80. The van der Waals surface area contributed by atoms with Crippen molar-refractivity contribution in [3.63, 3.8) is 0 Å². The summed E-state index contributed by atoms with van der Waals surface area (Å²) in [5.74, 6) is -0.165. The SMILES string of the molecule is CCCC(=O)N/N=C(\C)c1cccc([N+](=O)[O-])c1. The molecular weight excluding hydrogens is 234 g/mol. The monoisotopic (exact) mass is 249 g/mol. The van der Waals surface area contributed by atoms with Crippen LogP contribution in [0.15, 0.2) is 29.4 Å². The molecule has 1 amide bonds. The number of benzene rings is 1. The van der Waals surface area contributed by atoms with Gasteiger partial charge in [-0.2, -0.15) is 5.10 Å². The van der Waals surface area contributed by atoms with Gasteiger partial charge in [0.05, 0.1) is 10.6 Å². The predicted octanol–water partition coefficient (Wildman–Crippen LogP) is 2.24. The zero-order valence-corrected chi connectivity index (χ0v) is 10.3. The van der Waals surface area contributed by atoms with Gasteiger partial charge in [0, 0.05) is 24.1 Å². The van der Waals surface area contributed by atoms with E-state index in [9.17, 15) is 14.9 Å². The van der Waals surface area contributed by atoms with Gasteiger partial charge in [-0.15, -0.1) is 0 Å². The van der Waals surface area contributed by atoms with E-state index < -0.39 is 4.92 Å².